The van der Waals surface area contributed by atoms with Crippen molar-refractivity contribution in [1.82, 2.24) is 0 Å². The number of rotatable bonds is 5. The van der Waals surface area contributed by atoms with Gasteiger partial charge in [0.25, 0.3) is 0 Å². The van der Waals surface area contributed by atoms with E-state index >= 15 is 0 Å². The SMILES string of the molecule is ClCC(Cc1cccc(Br)c1)CC1CC2CCC1C2. The Morgan fingerprint density at radius 1 is 1.26 bits per heavy atom. The van der Waals surface area contributed by atoms with E-state index in [0.717, 1.165) is 30.1 Å². The third-order valence-electron chi connectivity index (χ3n) is 5.15. The fraction of sp³-hybridized carbons (Fsp3) is 0.647. The lowest BCUT2D eigenvalue weighted by molar-refractivity contribution is 0.276. The van der Waals surface area contributed by atoms with Crippen LogP contribution < -0.4 is 0 Å². The summed E-state index contributed by atoms with van der Waals surface area (Å²) < 4.78 is 1.18. The third kappa shape index (κ3) is 3.36. The van der Waals surface area contributed by atoms with Gasteiger partial charge in [-0.25, -0.2) is 0 Å². The van der Waals surface area contributed by atoms with Gasteiger partial charge in [0, 0.05) is 10.4 Å². The fourth-order valence-electron chi connectivity index (χ4n) is 4.29. The van der Waals surface area contributed by atoms with Gasteiger partial charge in [0.2, 0.25) is 0 Å². The van der Waals surface area contributed by atoms with E-state index in [9.17, 15) is 0 Å². The second kappa shape index (κ2) is 6.18. The number of benzene rings is 1. The molecule has 3 rings (SSSR count). The number of hydrogen-bond donors (Lipinski definition) is 0. The van der Waals surface area contributed by atoms with Crippen LogP contribution in [-0.2, 0) is 6.42 Å². The second-order valence-corrected chi connectivity index (χ2v) is 7.75. The average molecular weight is 342 g/mol. The van der Waals surface area contributed by atoms with E-state index in [1.54, 1.807) is 0 Å². The molecule has 4 atom stereocenters. The Balaban J connectivity index is 1.59. The van der Waals surface area contributed by atoms with E-state index in [4.69, 9.17) is 11.6 Å². The lowest BCUT2D eigenvalue weighted by atomic mass is 9.81. The Morgan fingerprint density at radius 2 is 2.16 bits per heavy atom. The molecule has 2 fully saturated rings. The summed E-state index contributed by atoms with van der Waals surface area (Å²) in [5.74, 6) is 4.51. The Kier molecular flexibility index (Phi) is 4.54. The summed E-state index contributed by atoms with van der Waals surface area (Å²) in [6.07, 6.45) is 8.46. The zero-order valence-corrected chi connectivity index (χ0v) is 13.7. The molecule has 0 spiro atoms. The van der Waals surface area contributed by atoms with Crippen LogP contribution in [0, 0.1) is 23.7 Å². The first-order chi connectivity index (χ1) is 9.24. The first kappa shape index (κ1) is 13.9. The molecule has 0 N–H and O–H groups in total. The van der Waals surface area contributed by atoms with Gasteiger partial charge in [-0.15, -0.1) is 11.6 Å². The Hall–Kier alpha value is -0.0100. The number of hydrogen-bond acceptors (Lipinski definition) is 0. The van der Waals surface area contributed by atoms with Gasteiger partial charge in [-0.1, -0.05) is 34.5 Å². The Morgan fingerprint density at radius 3 is 2.79 bits per heavy atom. The van der Waals surface area contributed by atoms with E-state index in [-0.39, 0.29) is 0 Å². The molecule has 0 radical (unpaired) electrons. The van der Waals surface area contributed by atoms with Gasteiger partial charge < -0.3 is 0 Å². The van der Waals surface area contributed by atoms with E-state index in [2.05, 4.69) is 40.2 Å². The Bertz CT molecular complexity index is 431. The molecule has 104 valence electrons. The first-order valence-corrected chi connectivity index (χ1v) is 8.87. The van der Waals surface area contributed by atoms with E-state index in [1.165, 1.54) is 42.1 Å². The molecule has 2 bridgehead atoms. The molecule has 0 aromatic heterocycles. The van der Waals surface area contributed by atoms with Crippen molar-refractivity contribution in [1.29, 1.82) is 0 Å². The van der Waals surface area contributed by atoms with Crippen molar-refractivity contribution in [3.63, 3.8) is 0 Å². The molecule has 0 aliphatic heterocycles. The highest BCUT2D eigenvalue weighted by Crippen LogP contribution is 2.50. The van der Waals surface area contributed by atoms with Crippen molar-refractivity contribution in [2.75, 3.05) is 5.88 Å². The average Bonchev–Trinajstić information content (AvgIpc) is 3.00. The van der Waals surface area contributed by atoms with E-state index in [0.29, 0.717) is 5.92 Å². The van der Waals surface area contributed by atoms with Crippen molar-refractivity contribution >= 4 is 27.5 Å². The topological polar surface area (TPSA) is 0 Å². The van der Waals surface area contributed by atoms with Crippen LogP contribution in [0.1, 0.15) is 37.7 Å². The predicted octanol–water partition coefficient (Wildman–Crippen LogP) is 5.67. The predicted molar refractivity (Wildman–Crippen MR) is 85.6 cm³/mol. The standard InChI is InChI=1S/C17H22BrCl/c18-17-3-1-2-12(10-17)6-14(11-19)9-16-8-13-4-5-15(16)7-13/h1-3,10,13-16H,4-9,11H2. The minimum atomic E-state index is 0.653. The molecule has 19 heavy (non-hydrogen) atoms. The minimum Gasteiger partial charge on any atom is -0.126 e. The normalized spacial score (nSPS) is 30.7. The fourth-order valence-corrected chi connectivity index (χ4v) is 4.97. The summed E-state index contributed by atoms with van der Waals surface area (Å²) in [7, 11) is 0. The van der Waals surface area contributed by atoms with Gasteiger partial charge in [0.15, 0.2) is 0 Å². The van der Waals surface area contributed by atoms with E-state index in [1.807, 2.05) is 0 Å². The monoisotopic (exact) mass is 340 g/mol. The number of alkyl halides is 1. The molecule has 4 unspecified atom stereocenters. The molecule has 0 nitrogen and oxygen atoms in total. The van der Waals surface area contributed by atoms with Gasteiger partial charge in [-0.3, -0.25) is 0 Å². The van der Waals surface area contributed by atoms with Crippen molar-refractivity contribution in [2.45, 2.75) is 38.5 Å². The molecule has 0 amide bonds. The highest BCUT2D eigenvalue weighted by atomic mass is 79.9. The van der Waals surface area contributed by atoms with Crippen molar-refractivity contribution in [2.24, 2.45) is 23.7 Å². The van der Waals surface area contributed by atoms with Crippen molar-refractivity contribution < 1.29 is 0 Å². The van der Waals surface area contributed by atoms with Crippen LogP contribution in [0.4, 0.5) is 0 Å². The van der Waals surface area contributed by atoms with Crippen LogP contribution in [0.5, 0.6) is 0 Å². The number of halogens is 2. The maximum Gasteiger partial charge on any atom is 0.0255 e. The molecule has 1 aromatic carbocycles. The van der Waals surface area contributed by atoms with Gasteiger partial charge >= 0.3 is 0 Å². The zero-order chi connectivity index (χ0) is 13.2. The lowest BCUT2D eigenvalue weighted by Gasteiger charge is -2.25. The van der Waals surface area contributed by atoms with Crippen molar-refractivity contribution in [3.8, 4) is 0 Å². The minimum absolute atomic E-state index is 0.653. The van der Waals surface area contributed by atoms with Crippen LogP contribution >= 0.6 is 27.5 Å². The number of fused-ring (bicyclic) bond motifs is 2. The maximum atomic E-state index is 6.23. The van der Waals surface area contributed by atoms with Crippen LogP contribution in [0.3, 0.4) is 0 Å². The summed E-state index contributed by atoms with van der Waals surface area (Å²) in [5.41, 5.74) is 1.42. The van der Waals surface area contributed by atoms with Gasteiger partial charge in [0.05, 0.1) is 0 Å². The van der Waals surface area contributed by atoms with Gasteiger partial charge in [-0.05, 0) is 73.5 Å². The molecule has 2 saturated carbocycles. The maximum absolute atomic E-state index is 6.23. The highest BCUT2D eigenvalue weighted by Gasteiger charge is 2.39. The van der Waals surface area contributed by atoms with Gasteiger partial charge in [0.1, 0.15) is 0 Å². The Labute approximate surface area is 130 Å². The summed E-state index contributed by atoms with van der Waals surface area (Å²) in [5, 5.41) is 0. The second-order valence-electron chi connectivity index (χ2n) is 6.53. The summed E-state index contributed by atoms with van der Waals surface area (Å²) >= 11 is 9.78. The zero-order valence-electron chi connectivity index (χ0n) is 11.3. The van der Waals surface area contributed by atoms with E-state index < -0.39 is 0 Å². The summed E-state index contributed by atoms with van der Waals surface area (Å²) in [6.45, 7) is 0. The van der Waals surface area contributed by atoms with Crippen LogP contribution in [0.2, 0.25) is 0 Å². The highest BCUT2D eigenvalue weighted by molar-refractivity contribution is 9.10. The largest absolute Gasteiger partial charge is 0.126 e. The first-order valence-electron chi connectivity index (χ1n) is 7.55. The summed E-state index contributed by atoms with van der Waals surface area (Å²) in [6, 6.07) is 8.68. The van der Waals surface area contributed by atoms with Crippen LogP contribution in [0.25, 0.3) is 0 Å². The smallest absolute Gasteiger partial charge is 0.0255 e. The molecule has 2 aliphatic rings. The molecular formula is C17H22BrCl. The van der Waals surface area contributed by atoms with Crippen LogP contribution in [0.15, 0.2) is 28.7 Å². The molecule has 1 aromatic rings. The van der Waals surface area contributed by atoms with Gasteiger partial charge in [-0.2, -0.15) is 0 Å². The molecular weight excluding hydrogens is 320 g/mol. The quantitative estimate of drug-likeness (QED) is 0.605. The van der Waals surface area contributed by atoms with Crippen LogP contribution in [-0.4, -0.2) is 5.88 Å². The third-order valence-corrected chi connectivity index (χ3v) is 6.08. The molecule has 2 heteroatoms. The van der Waals surface area contributed by atoms with Crippen molar-refractivity contribution in [3.05, 3.63) is 34.3 Å². The molecule has 0 heterocycles. The lowest BCUT2D eigenvalue weighted by Crippen LogP contribution is -2.17. The molecule has 2 aliphatic carbocycles. The summed E-state index contributed by atoms with van der Waals surface area (Å²) in [4.78, 5) is 0. The molecule has 0 saturated heterocycles.